The van der Waals surface area contributed by atoms with Gasteiger partial charge >= 0.3 is 0 Å². The van der Waals surface area contributed by atoms with Crippen LogP contribution in [0.3, 0.4) is 0 Å². The minimum absolute atomic E-state index is 0.0396. The SMILES string of the molecule is O=C(Nc1ccc(O)cn1)C1CCC([SH](=O)=O)CC1. The van der Waals surface area contributed by atoms with Gasteiger partial charge in [-0.05, 0) is 37.8 Å². The summed E-state index contributed by atoms with van der Waals surface area (Å²) in [5, 5.41) is 11.5. The summed E-state index contributed by atoms with van der Waals surface area (Å²) in [6.45, 7) is 0. The highest BCUT2D eigenvalue weighted by molar-refractivity contribution is 7.73. The lowest BCUT2D eigenvalue weighted by atomic mass is 9.88. The minimum Gasteiger partial charge on any atom is -0.506 e. The number of thiol groups is 1. The molecule has 1 amide bonds. The molecule has 0 spiro atoms. The van der Waals surface area contributed by atoms with Crippen molar-refractivity contribution in [1.29, 1.82) is 0 Å². The van der Waals surface area contributed by atoms with E-state index < -0.39 is 10.7 Å². The van der Waals surface area contributed by atoms with E-state index in [1.54, 1.807) is 0 Å². The van der Waals surface area contributed by atoms with E-state index >= 15 is 0 Å². The van der Waals surface area contributed by atoms with E-state index in [1.807, 2.05) is 0 Å². The van der Waals surface area contributed by atoms with Gasteiger partial charge in [-0.2, -0.15) is 0 Å². The molecule has 0 radical (unpaired) electrons. The third kappa shape index (κ3) is 3.66. The van der Waals surface area contributed by atoms with Gasteiger partial charge in [0.25, 0.3) is 0 Å². The molecule has 1 aromatic rings. The van der Waals surface area contributed by atoms with E-state index in [4.69, 9.17) is 5.11 Å². The second-order valence-corrected chi connectivity index (χ2v) is 5.98. The lowest BCUT2D eigenvalue weighted by Crippen LogP contribution is -2.29. The molecule has 1 saturated carbocycles. The predicted molar refractivity (Wildman–Crippen MR) is 70.6 cm³/mol. The van der Waals surface area contributed by atoms with Crippen LogP contribution in [-0.2, 0) is 15.5 Å². The maximum Gasteiger partial charge on any atom is 0.228 e. The van der Waals surface area contributed by atoms with Crippen molar-refractivity contribution in [2.24, 2.45) is 5.92 Å². The number of amides is 1. The maximum absolute atomic E-state index is 12.0. The minimum atomic E-state index is -2.38. The van der Waals surface area contributed by atoms with E-state index in [-0.39, 0.29) is 22.8 Å². The van der Waals surface area contributed by atoms with Crippen LogP contribution in [0.5, 0.6) is 5.75 Å². The summed E-state index contributed by atoms with van der Waals surface area (Å²) >= 11 is 0. The summed E-state index contributed by atoms with van der Waals surface area (Å²) in [6, 6.07) is 2.97. The van der Waals surface area contributed by atoms with Crippen LogP contribution in [-0.4, -0.2) is 29.7 Å². The predicted octanol–water partition coefficient (Wildman–Crippen LogP) is 0.896. The Bertz CT molecular complexity index is 511. The fraction of sp³-hybridized carbons (Fsp3) is 0.500. The van der Waals surface area contributed by atoms with Crippen LogP contribution in [0, 0.1) is 5.92 Å². The van der Waals surface area contributed by atoms with Crippen LogP contribution in [0.25, 0.3) is 0 Å². The van der Waals surface area contributed by atoms with Crippen LogP contribution in [0.2, 0.25) is 0 Å². The fourth-order valence-corrected chi connectivity index (χ4v) is 2.96. The number of aromatic hydroxyl groups is 1. The molecule has 2 N–H and O–H groups in total. The Hall–Kier alpha value is -1.63. The zero-order valence-corrected chi connectivity index (χ0v) is 11.2. The van der Waals surface area contributed by atoms with Gasteiger partial charge in [-0.1, -0.05) is 0 Å². The van der Waals surface area contributed by atoms with E-state index in [1.165, 1.54) is 18.3 Å². The van der Waals surface area contributed by atoms with Crippen LogP contribution in [0.1, 0.15) is 25.7 Å². The van der Waals surface area contributed by atoms with Gasteiger partial charge in [0.15, 0.2) is 0 Å². The van der Waals surface area contributed by atoms with Crippen LogP contribution >= 0.6 is 0 Å². The molecule has 7 heteroatoms. The molecule has 1 fully saturated rings. The summed E-state index contributed by atoms with van der Waals surface area (Å²) in [4.78, 5) is 15.8. The molecule has 0 bridgehead atoms. The number of nitrogens with one attached hydrogen (secondary N) is 1. The molecule has 1 heterocycles. The number of hydrogen-bond donors (Lipinski definition) is 3. The van der Waals surface area contributed by atoms with E-state index in [0.717, 1.165) is 0 Å². The summed E-state index contributed by atoms with van der Waals surface area (Å²) in [5.41, 5.74) is 0. The van der Waals surface area contributed by atoms with Crippen LogP contribution < -0.4 is 5.32 Å². The van der Waals surface area contributed by atoms with Crippen molar-refractivity contribution in [3.05, 3.63) is 18.3 Å². The number of nitrogens with zero attached hydrogens (tertiary/aromatic N) is 1. The van der Waals surface area contributed by atoms with Crippen molar-refractivity contribution in [2.45, 2.75) is 30.9 Å². The van der Waals surface area contributed by atoms with E-state index in [9.17, 15) is 13.2 Å². The van der Waals surface area contributed by atoms with Crippen LogP contribution in [0.4, 0.5) is 5.82 Å². The third-order valence-corrected chi connectivity index (χ3v) is 4.48. The Morgan fingerprint density at radius 2 is 1.95 bits per heavy atom. The number of anilines is 1. The first kappa shape index (κ1) is 13.8. The van der Waals surface area contributed by atoms with Gasteiger partial charge in [-0.25, -0.2) is 13.4 Å². The monoisotopic (exact) mass is 284 g/mol. The van der Waals surface area contributed by atoms with Gasteiger partial charge in [0.05, 0.1) is 11.4 Å². The van der Waals surface area contributed by atoms with Gasteiger partial charge in [-0.3, -0.25) is 4.79 Å². The van der Waals surface area contributed by atoms with Crippen molar-refractivity contribution in [2.75, 3.05) is 5.32 Å². The number of carbonyl (C=O) groups excluding carboxylic acids is 1. The first-order valence-electron chi connectivity index (χ1n) is 6.15. The second kappa shape index (κ2) is 6.01. The Balaban J connectivity index is 1.89. The van der Waals surface area contributed by atoms with Crippen molar-refractivity contribution in [3.63, 3.8) is 0 Å². The Morgan fingerprint density at radius 1 is 1.26 bits per heavy atom. The number of carbonyl (C=O) groups is 1. The Morgan fingerprint density at radius 3 is 2.47 bits per heavy atom. The molecule has 6 nitrogen and oxygen atoms in total. The van der Waals surface area contributed by atoms with Gasteiger partial charge in [-0.15, -0.1) is 0 Å². The summed E-state index contributed by atoms with van der Waals surface area (Å²) < 4.78 is 21.7. The Labute approximate surface area is 112 Å². The maximum atomic E-state index is 12.0. The van der Waals surface area contributed by atoms with E-state index in [0.29, 0.717) is 31.5 Å². The second-order valence-electron chi connectivity index (χ2n) is 4.68. The van der Waals surface area contributed by atoms with Crippen LogP contribution in [0.15, 0.2) is 18.3 Å². The smallest absolute Gasteiger partial charge is 0.228 e. The molecule has 104 valence electrons. The van der Waals surface area contributed by atoms with Gasteiger partial charge in [0.2, 0.25) is 5.91 Å². The first-order chi connectivity index (χ1) is 9.06. The highest BCUT2D eigenvalue weighted by Gasteiger charge is 2.27. The molecular formula is C12H16N2O4S. The lowest BCUT2D eigenvalue weighted by molar-refractivity contribution is -0.120. The molecule has 0 aromatic carbocycles. The number of hydrogen-bond acceptors (Lipinski definition) is 5. The van der Waals surface area contributed by atoms with Crippen molar-refractivity contribution < 1.29 is 18.3 Å². The summed E-state index contributed by atoms with van der Waals surface area (Å²) in [5.74, 6) is 0.122. The van der Waals surface area contributed by atoms with Gasteiger partial charge < -0.3 is 10.4 Å². The normalized spacial score (nSPS) is 23.2. The molecule has 2 rings (SSSR count). The fourth-order valence-electron chi connectivity index (χ4n) is 2.24. The lowest BCUT2D eigenvalue weighted by Gasteiger charge is -2.24. The van der Waals surface area contributed by atoms with Crippen molar-refractivity contribution in [3.8, 4) is 5.75 Å². The van der Waals surface area contributed by atoms with Crippen molar-refractivity contribution >= 4 is 22.4 Å². The summed E-state index contributed by atoms with van der Waals surface area (Å²) in [7, 11) is -2.38. The van der Waals surface area contributed by atoms with E-state index in [2.05, 4.69) is 10.3 Å². The average Bonchev–Trinajstić information content (AvgIpc) is 2.41. The molecule has 0 saturated heterocycles. The highest BCUT2D eigenvalue weighted by atomic mass is 32.2. The molecule has 19 heavy (non-hydrogen) atoms. The summed E-state index contributed by atoms with van der Waals surface area (Å²) in [6.07, 6.45) is 3.50. The topological polar surface area (TPSA) is 96.4 Å². The molecule has 1 aliphatic rings. The number of aromatic nitrogens is 1. The first-order valence-corrected chi connectivity index (χ1v) is 7.40. The Kier molecular flexibility index (Phi) is 4.36. The third-order valence-electron chi connectivity index (χ3n) is 3.36. The molecular weight excluding hydrogens is 268 g/mol. The quantitative estimate of drug-likeness (QED) is 0.716. The number of pyridine rings is 1. The molecule has 1 aromatic heterocycles. The average molecular weight is 284 g/mol. The highest BCUT2D eigenvalue weighted by Crippen LogP contribution is 2.27. The molecule has 0 aliphatic heterocycles. The standard InChI is InChI=1S/C12H16N2O4S/c15-9-3-6-11(13-7-9)14-12(16)8-1-4-10(5-2-8)19(17)18/h3,6-8,10,15,19H,1-2,4-5H2,(H,13,14,16). The molecule has 0 atom stereocenters. The zero-order chi connectivity index (χ0) is 13.8. The van der Waals surface area contributed by atoms with Gasteiger partial charge in [0.1, 0.15) is 22.3 Å². The van der Waals surface area contributed by atoms with Gasteiger partial charge in [0, 0.05) is 5.92 Å². The largest absolute Gasteiger partial charge is 0.506 e. The molecule has 1 aliphatic carbocycles. The van der Waals surface area contributed by atoms with Crippen molar-refractivity contribution in [1.82, 2.24) is 4.98 Å². The number of rotatable bonds is 3. The molecule has 0 unspecified atom stereocenters. The zero-order valence-electron chi connectivity index (χ0n) is 10.3.